The molecule has 0 bridgehead atoms. The van der Waals surface area contributed by atoms with E-state index in [2.05, 4.69) is 11.4 Å². The van der Waals surface area contributed by atoms with Crippen LogP contribution >= 0.6 is 0 Å². The zero-order valence-corrected chi connectivity index (χ0v) is 10.5. The molecule has 0 aromatic heterocycles. The smallest absolute Gasteiger partial charge is 0.223 e. The molecule has 2 rings (SSSR count). The van der Waals surface area contributed by atoms with Crippen LogP contribution in [-0.2, 0) is 4.79 Å². The highest BCUT2D eigenvalue weighted by Gasteiger charge is 2.22. The molecule has 1 aliphatic rings. The molecule has 0 atom stereocenters. The lowest BCUT2D eigenvalue weighted by Gasteiger charge is -2.08. The Bertz CT molecular complexity index is 390. The van der Waals surface area contributed by atoms with Gasteiger partial charge in [0.25, 0.3) is 0 Å². The molecule has 1 N–H and O–H groups in total. The van der Waals surface area contributed by atoms with Crippen LogP contribution in [0.4, 0.5) is 0 Å². The number of nitrogens with one attached hydrogen (secondary N) is 1. The maximum absolute atomic E-state index is 11.4. The molecule has 0 spiro atoms. The minimum Gasteiger partial charge on any atom is -0.493 e. The highest BCUT2D eigenvalue weighted by atomic mass is 16.5. The van der Waals surface area contributed by atoms with E-state index in [9.17, 15) is 4.79 Å². The lowest BCUT2D eigenvalue weighted by molar-refractivity contribution is -0.121. The minimum atomic E-state index is 0.0943. The van der Waals surface area contributed by atoms with Crippen LogP contribution in [0.5, 0.6) is 5.75 Å². The van der Waals surface area contributed by atoms with Gasteiger partial charge in [-0.05, 0) is 49.9 Å². The summed E-state index contributed by atoms with van der Waals surface area (Å²) < 4.78 is 5.58. The van der Waals surface area contributed by atoms with E-state index in [1.165, 1.54) is 11.1 Å². The highest BCUT2D eigenvalue weighted by Crippen LogP contribution is 2.19. The number of hydrogen-bond acceptors (Lipinski definition) is 2. The summed E-state index contributed by atoms with van der Waals surface area (Å²) in [6, 6.07) is 6.52. The van der Waals surface area contributed by atoms with Gasteiger partial charge < -0.3 is 10.1 Å². The third-order valence-corrected chi connectivity index (χ3v) is 2.74. The Kier molecular flexibility index (Phi) is 3.67. The molecule has 1 saturated carbocycles. The van der Waals surface area contributed by atoms with Crippen molar-refractivity contribution in [2.24, 2.45) is 0 Å². The van der Waals surface area contributed by atoms with Crippen LogP contribution in [0, 0.1) is 13.8 Å². The van der Waals surface area contributed by atoms with Crippen molar-refractivity contribution in [1.29, 1.82) is 0 Å². The Morgan fingerprint density at radius 2 is 1.94 bits per heavy atom. The summed E-state index contributed by atoms with van der Waals surface area (Å²) in [4.78, 5) is 11.4. The van der Waals surface area contributed by atoms with Gasteiger partial charge in [0.2, 0.25) is 5.91 Å². The van der Waals surface area contributed by atoms with E-state index in [0.29, 0.717) is 19.1 Å². The molecule has 1 aromatic rings. The Balaban J connectivity index is 1.74. The standard InChI is InChI=1S/C14H19NO2/c1-10-7-11(2)9-13(8-10)17-6-5-14(16)15-12-3-4-12/h7-9,12H,3-6H2,1-2H3,(H,15,16). The van der Waals surface area contributed by atoms with Gasteiger partial charge in [-0.1, -0.05) is 6.07 Å². The molecule has 0 unspecified atom stereocenters. The molecule has 92 valence electrons. The molecule has 1 amide bonds. The van der Waals surface area contributed by atoms with E-state index in [1.54, 1.807) is 0 Å². The quantitative estimate of drug-likeness (QED) is 0.847. The van der Waals surface area contributed by atoms with Gasteiger partial charge in [0.15, 0.2) is 0 Å². The molecule has 1 fully saturated rings. The number of hydrogen-bond donors (Lipinski definition) is 1. The molecule has 3 heteroatoms. The van der Waals surface area contributed by atoms with Crippen molar-refractivity contribution in [2.75, 3.05) is 6.61 Å². The van der Waals surface area contributed by atoms with Crippen molar-refractivity contribution in [3.8, 4) is 5.75 Å². The normalized spacial score (nSPS) is 14.5. The minimum absolute atomic E-state index is 0.0943. The van der Waals surface area contributed by atoms with Gasteiger partial charge in [-0.3, -0.25) is 4.79 Å². The third kappa shape index (κ3) is 4.10. The molecule has 0 saturated heterocycles. The first kappa shape index (κ1) is 12.0. The number of ether oxygens (including phenoxy) is 1. The fourth-order valence-electron chi connectivity index (χ4n) is 1.81. The van der Waals surface area contributed by atoms with E-state index in [0.717, 1.165) is 18.6 Å². The second kappa shape index (κ2) is 5.21. The Morgan fingerprint density at radius 1 is 1.29 bits per heavy atom. The lowest BCUT2D eigenvalue weighted by Crippen LogP contribution is -2.26. The fourth-order valence-corrected chi connectivity index (χ4v) is 1.81. The van der Waals surface area contributed by atoms with Crippen molar-refractivity contribution in [2.45, 2.75) is 39.2 Å². The number of amides is 1. The first-order chi connectivity index (χ1) is 8.13. The molecule has 0 heterocycles. The summed E-state index contributed by atoms with van der Waals surface area (Å²) in [5.41, 5.74) is 2.37. The predicted molar refractivity (Wildman–Crippen MR) is 67.2 cm³/mol. The van der Waals surface area contributed by atoms with Crippen molar-refractivity contribution in [3.63, 3.8) is 0 Å². The van der Waals surface area contributed by atoms with Crippen LogP contribution in [0.1, 0.15) is 30.4 Å². The fraction of sp³-hybridized carbons (Fsp3) is 0.500. The van der Waals surface area contributed by atoms with Gasteiger partial charge in [-0.15, -0.1) is 0 Å². The number of benzene rings is 1. The van der Waals surface area contributed by atoms with Gasteiger partial charge in [-0.2, -0.15) is 0 Å². The number of carbonyl (C=O) groups is 1. The average molecular weight is 233 g/mol. The van der Waals surface area contributed by atoms with Crippen molar-refractivity contribution in [1.82, 2.24) is 5.32 Å². The first-order valence-electron chi connectivity index (χ1n) is 6.14. The second-order valence-corrected chi connectivity index (χ2v) is 4.76. The molecule has 0 aliphatic heterocycles. The first-order valence-corrected chi connectivity index (χ1v) is 6.14. The van der Waals surface area contributed by atoms with E-state index >= 15 is 0 Å². The van der Waals surface area contributed by atoms with Crippen molar-refractivity contribution in [3.05, 3.63) is 29.3 Å². The Hall–Kier alpha value is -1.51. The molecular formula is C14H19NO2. The van der Waals surface area contributed by atoms with Crippen LogP contribution in [-0.4, -0.2) is 18.6 Å². The number of carbonyl (C=O) groups excluding carboxylic acids is 1. The third-order valence-electron chi connectivity index (χ3n) is 2.74. The topological polar surface area (TPSA) is 38.3 Å². The van der Waals surface area contributed by atoms with Crippen LogP contribution < -0.4 is 10.1 Å². The molecule has 1 aromatic carbocycles. The van der Waals surface area contributed by atoms with Crippen LogP contribution in [0.25, 0.3) is 0 Å². The number of aryl methyl sites for hydroxylation is 2. The van der Waals surface area contributed by atoms with Crippen molar-refractivity contribution >= 4 is 5.91 Å². The maximum atomic E-state index is 11.4. The Labute approximate surface area is 102 Å². The van der Waals surface area contributed by atoms with Crippen LogP contribution in [0.3, 0.4) is 0 Å². The lowest BCUT2D eigenvalue weighted by atomic mass is 10.1. The highest BCUT2D eigenvalue weighted by molar-refractivity contribution is 5.76. The summed E-state index contributed by atoms with van der Waals surface area (Å²) in [5, 5.41) is 2.94. The number of rotatable bonds is 5. The van der Waals surface area contributed by atoms with Crippen molar-refractivity contribution < 1.29 is 9.53 Å². The van der Waals surface area contributed by atoms with Crippen LogP contribution in [0.15, 0.2) is 18.2 Å². The summed E-state index contributed by atoms with van der Waals surface area (Å²) in [6.07, 6.45) is 2.69. The van der Waals surface area contributed by atoms with E-state index in [1.807, 2.05) is 26.0 Å². The Morgan fingerprint density at radius 3 is 2.53 bits per heavy atom. The monoisotopic (exact) mass is 233 g/mol. The molecular weight excluding hydrogens is 214 g/mol. The van der Waals surface area contributed by atoms with E-state index < -0.39 is 0 Å². The van der Waals surface area contributed by atoms with E-state index in [-0.39, 0.29) is 5.91 Å². The van der Waals surface area contributed by atoms with Gasteiger partial charge in [0, 0.05) is 6.04 Å². The predicted octanol–water partition coefficient (Wildman–Crippen LogP) is 2.35. The largest absolute Gasteiger partial charge is 0.493 e. The summed E-state index contributed by atoms with van der Waals surface area (Å²) in [7, 11) is 0. The zero-order chi connectivity index (χ0) is 12.3. The molecule has 17 heavy (non-hydrogen) atoms. The van der Waals surface area contributed by atoms with Gasteiger partial charge in [0.1, 0.15) is 5.75 Å². The summed E-state index contributed by atoms with van der Waals surface area (Å²) in [6.45, 7) is 4.53. The average Bonchev–Trinajstić information content (AvgIpc) is 3.00. The zero-order valence-electron chi connectivity index (χ0n) is 10.5. The van der Waals surface area contributed by atoms with Gasteiger partial charge in [-0.25, -0.2) is 0 Å². The van der Waals surface area contributed by atoms with Crippen LogP contribution in [0.2, 0.25) is 0 Å². The maximum Gasteiger partial charge on any atom is 0.223 e. The molecule has 3 nitrogen and oxygen atoms in total. The molecule has 0 radical (unpaired) electrons. The summed E-state index contributed by atoms with van der Waals surface area (Å²) >= 11 is 0. The second-order valence-electron chi connectivity index (χ2n) is 4.76. The van der Waals surface area contributed by atoms with Gasteiger partial charge in [0.05, 0.1) is 13.0 Å². The summed E-state index contributed by atoms with van der Waals surface area (Å²) in [5.74, 6) is 0.943. The SMILES string of the molecule is Cc1cc(C)cc(OCCC(=O)NC2CC2)c1. The van der Waals surface area contributed by atoms with E-state index in [4.69, 9.17) is 4.74 Å². The van der Waals surface area contributed by atoms with Gasteiger partial charge >= 0.3 is 0 Å². The molecule has 1 aliphatic carbocycles.